The van der Waals surface area contributed by atoms with Gasteiger partial charge in [0.1, 0.15) is 0 Å². The lowest BCUT2D eigenvalue weighted by Crippen LogP contribution is -2.50. The molecule has 4 rings (SSSR count). The molecule has 8 atom stereocenters. The highest BCUT2D eigenvalue weighted by Gasteiger charge is 2.59. The molecule has 0 spiro atoms. The first-order valence-corrected chi connectivity index (χ1v) is 12.7. The van der Waals surface area contributed by atoms with Gasteiger partial charge >= 0.3 is 0 Å². The van der Waals surface area contributed by atoms with Crippen molar-refractivity contribution in [1.29, 1.82) is 0 Å². The van der Waals surface area contributed by atoms with Crippen molar-refractivity contribution in [2.75, 3.05) is 0 Å². The third-order valence-corrected chi connectivity index (χ3v) is 10.6. The summed E-state index contributed by atoms with van der Waals surface area (Å²) in [6.07, 6.45) is 15.3. The van der Waals surface area contributed by atoms with E-state index in [1.54, 1.807) is 5.57 Å². The SMILES string of the molecule is C=C(CC[C@@H](C)[C@@H]1CC[C@H]2[C@@H]3CC=C4C[C@@H](O)CC[C@]4(C)[C@@H]3CC[C@]21C)C(C)C. The third-order valence-electron chi connectivity index (χ3n) is 10.6. The van der Waals surface area contributed by atoms with Gasteiger partial charge in [-0.15, -0.1) is 0 Å². The maximum absolute atomic E-state index is 10.2. The summed E-state index contributed by atoms with van der Waals surface area (Å²) in [5.41, 5.74) is 3.98. The van der Waals surface area contributed by atoms with Crippen LogP contribution in [0.1, 0.15) is 98.8 Å². The van der Waals surface area contributed by atoms with Crippen LogP contribution in [0.4, 0.5) is 0 Å². The van der Waals surface area contributed by atoms with E-state index in [2.05, 4.69) is 47.3 Å². The average Bonchev–Trinajstić information content (AvgIpc) is 3.03. The van der Waals surface area contributed by atoms with Gasteiger partial charge in [-0.3, -0.25) is 0 Å². The van der Waals surface area contributed by atoms with Gasteiger partial charge in [0.25, 0.3) is 0 Å². The monoisotopic (exact) mass is 398 g/mol. The van der Waals surface area contributed by atoms with Crippen LogP contribution in [0.15, 0.2) is 23.8 Å². The highest BCUT2D eigenvalue weighted by Crippen LogP contribution is 2.67. The van der Waals surface area contributed by atoms with Crippen LogP contribution < -0.4 is 0 Å². The van der Waals surface area contributed by atoms with Gasteiger partial charge < -0.3 is 5.11 Å². The lowest BCUT2D eigenvalue weighted by Gasteiger charge is -2.58. The zero-order valence-corrected chi connectivity index (χ0v) is 19.8. The predicted octanol–water partition coefficient (Wildman–Crippen LogP) is 7.55. The van der Waals surface area contributed by atoms with Crippen LogP contribution in [-0.2, 0) is 0 Å². The fourth-order valence-corrected chi connectivity index (χ4v) is 8.52. The lowest BCUT2D eigenvalue weighted by atomic mass is 9.47. The van der Waals surface area contributed by atoms with Crippen molar-refractivity contribution in [3.8, 4) is 0 Å². The summed E-state index contributed by atoms with van der Waals surface area (Å²) in [4.78, 5) is 0. The first-order valence-electron chi connectivity index (χ1n) is 12.7. The molecule has 1 N–H and O–H groups in total. The van der Waals surface area contributed by atoms with Gasteiger partial charge in [0, 0.05) is 0 Å². The molecule has 1 heteroatoms. The predicted molar refractivity (Wildman–Crippen MR) is 124 cm³/mol. The van der Waals surface area contributed by atoms with E-state index in [0.29, 0.717) is 16.7 Å². The smallest absolute Gasteiger partial charge is 0.0577 e. The van der Waals surface area contributed by atoms with Crippen LogP contribution >= 0.6 is 0 Å². The standard InChI is InChI=1S/C28H46O/c1-18(2)19(3)7-8-20(4)24-11-12-25-23-10-9-21-17-22(29)13-15-27(21,5)26(23)14-16-28(24,25)6/h9,18,20,22-26,29H,3,7-8,10-17H2,1-2,4-6H3/t20-,22+,23+,24+,25+,26-,27+,28+/m1/s1. The highest BCUT2D eigenvalue weighted by atomic mass is 16.3. The summed E-state index contributed by atoms with van der Waals surface area (Å²) < 4.78 is 0. The van der Waals surface area contributed by atoms with E-state index in [1.165, 1.54) is 56.9 Å². The molecule has 0 bridgehead atoms. The maximum Gasteiger partial charge on any atom is 0.0577 e. The number of fused-ring (bicyclic) bond motifs is 5. The van der Waals surface area contributed by atoms with E-state index in [0.717, 1.165) is 42.4 Å². The van der Waals surface area contributed by atoms with Crippen molar-refractivity contribution >= 4 is 0 Å². The van der Waals surface area contributed by atoms with Gasteiger partial charge in [-0.1, -0.05) is 58.4 Å². The van der Waals surface area contributed by atoms with E-state index in [4.69, 9.17) is 0 Å². The van der Waals surface area contributed by atoms with Crippen LogP contribution in [0.25, 0.3) is 0 Å². The molecule has 4 aliphatic rings. The molecule has 0 unspecified atom stereocenters. The summed E-state index contributed by atoms with van der Waals surface area (Å²) in [6.45, 7) is 16.7. The zero-order chi connectivity index (χ0) is 21.0. The second-order valence-electron chi connectivity index (χ2n) is 12.2. The minimum absolute atomic E-state index is 0.0861. The molecule has 29 heavy (non-hydrogen) atoms. The molecule has 0 amide bonds. The summed E-state index contributed by atoms with van der Waals surface area (Å²) in [7, 11) is 0. The molecule has 3 fully saturated rings. The second kappa shape index (κ2) is 7.85. The van der Waals surface area contributed by atoms with E-state index in [1.807, 2.05) is 0 Å². The largest absolute Gasteiger partial charge is 0.393 e. The van der Waals surface area contributed by atoms with E-state index in [-0.39, 0.29) is 6.10 Å². The van der Waals surface area contributed by atoms with Crippen molar-refractivity contribution in [3.63, 3.8) is 0 Å². The molecule has 0 aromatic heterocycles. The first kappa shape index (κ1) is 21.7. The molecule has 1 nitrogen and oxygen atoms in total. The number of aliphatic hydroxyl groups excluding tert-OH is 1. The van der Waals surface area contributed by atoms with Gasteiger partial charge in [0.15, 0.2) is 0 Å². The molecular weight excluding hydrogens is 352 g/mol. The third kappa shape index (κ3) is 3.58. The van der Waals surface area contributed by atoms with Crippen molar-refractivity contribution in [2.24, 2.45) is 46.3 Å². The number of rotatable bonds is 5. The van der Waals surface area contributed by atoms with Gasteiger partial charge in [0.2, 0.25) is 0 Å². The Bertz CT molecular complexity index is 659. The van der Waals surface area contributed by atoms with E-state index < -0.39 is 0 Å². The van der Waals surface area contributed by atoms with Gasteiger partial charge in [0.05, 0.1) is 6.10 Å². The van der Waals surface area contributed by atoms with E-state index in [9.17, 15) is 5.11 Å². The zero-order valence-electron chi connectivity index (χ0n) is 19.8. The molecule has 0 aliphatic heterocycles. The minimum Gasteiger partial charge on any atom is -0.393 e. The number of hydrogen-bond donors (Lipinski definition) is 1. The lowest BCUT2D eigenvalue weighted by molar-refractivity contribution is -0.0571. The van der Waals surface area contributed by atoms with Crippen molar-refractivity contribution in [1.82, 2.24) is 0 Å². The Balaban J connectivity index is 1.49. The molecule has 0 saturated heterocycles. The van der Waals surface area contributed by atoms with Crippen LogP contribution in [-0.4, -0.2) is 11.2 Å². The normalized spacial score (nSPS) is 45.2. The fraction of sp³-hybridized carbons (Fsp3) is 0.857. The molecule has 164 valence electrons. The summed E-state index contributed by atoms with van der Waals surface area (Å²) in [6, 6.07) is 0. The van der Waals surface area contributed by atoms with Gasteiger partial charge in [-0.25, -0.2) is 0 Å². The summed E-state index contributed by atoms with van der Waals surface area (Å²) >= 11 is 0. The Morgan fingerprint density at radius 2 is 1.86 bits per heavy atom. The Kier molecular flexibility index (Phi) is 5.86. The molecule has 0 aromatic carbocycles. The Morgan fingerprint density at radius 3 is 2.59 bits per heavy atom. The average molecular weight is 399 g/mol. The highest BCUT2D eigenvalue weighted by molar-refractivity contribution is 5.25. The Morgan fingerprint density at radius 1 is 1.10 bits per heavy atom. The summed E-state index contributed by atoms with van der Waals surface area (Å²) in [5, 5.41) is 10.2. The molecule has 0 radical (unpaired) electrons. The minimum atomic E-state index is -0.0861. The van der Waals surface area contributed by atoms with Crippen molar-refractivity contribution in [3.05, 3.63) is 23.8 Å². The van der Waals surface area contributed by atoms with Crippen LogP contribution in [0.2, 0.25) is 0 Å². The van der Waals surface area contributed by atoms with Crippen LogP contribution in [0.3, 0.4) is 0 Å². The van der Waals surface area contributed by atoms with Crippen LogP contribution in [0, 0.1) is 46.3 Å². The number of aliphatic hydroxyl groups is 1. The number of hydrogen-bond acceptors (Lipinski definition) is 1. The fourth-order valence-electron chi connectivity index (χ4n) is 8.52. The molecule has 0 aromatic rings. The summed E-state index contributed by atoms with van der Waals surface area (Å²) in [5.74, 6) is 5.03. The maximum atomic E-state index is 10.2. The molecular formula is C28H46O. The molecule has 0 heterocycles. The van der Waals surface area contributed by atoms with Gasteiger partial charge in [-0.2, -0.15) is 0 Å². The van der Waals surface area contributed by atoms with Gasteiger partial charge in [-0.05, 0) is 111 Å². The van der Waals surface area contributed by atoms with E-state index >= 15 is 0 Å². The topological polar surface area (TPSA) is 20.2 Å². The second-order valence-corrected chi connectivity index (χ2v) is 12.2. The van der Waals surface area contributed by atoms with Crippen molar-refractivity contribution < 1.29 is 5.11 Å². The first-order chi connectivity index (χ1) is 13.7. The quantitative estimate of drug-likeness (QED) is 0.474. The van der Waals surface area contributed by atoms with Crippen LogP contribution in [0.5, 0.6) is 0 Å². The Hall–Kier alpha value is -0.560. The number of allylic oxidation sites excluding steroid dienone is 2. The molecule has 3 saturated carbocycles. The van der Waals surface area contributed by atoms with Crippen molar-refractivity contribution in [2.45, 2.75) is 105 Å². The molecule has 4 aliphatic carbocycles. The Labute approximate surface area is 180 Å².